The molecule has 1 heterocycles. The van der Waals surface area contributed by atoms with Gasteiger partial charge in [0, 0.05) is 5.56 Å². The zero-order valence-corrected chi connectivity index (χ0v) is 16.1. The smallest absolute Gasteiger partial charge is 0.260 e. The largest absolute Gasteiger partial charge is 0.493 e. The van der Waals surface area contributed by atoms with E-state index >= 15 is 0 Å². The maximum absolute atomic E-state index is 12.7. The minimum atomic E-state index is -0.344. The van der Waals surface area contributed by atoms with Crippen molar-refractivity contribution in [2.24, 2.45) is 0 Å². The van der Waals surface area contributed by atoms with E-state index in [1.165, 1.54) is 0 Å². The molecule has 0 atom stereocenters. The molecule has 0 unspecified atom stereocenters. The maximum atomic E-state index is 12.7. The van der Waals surface area contributed by atoms with Crippen molar-refractivity contribution in [2.75, 3.05) is 11.9 Å². The molecule has 7 heteroatoms. The van der Waals surface area contributed by atoms with Crippen molar-refractivity contribution in [2.45, 2.75) is 33.3 Å². The number of nitrogens with zero attached hydrogens (tertiary/aromatic N) is 2. The molecule has 1 aromatic heterocycles. The number of para-hydroxylation sites is 1. The summed E-state index contributed by atoms with van der Waals surface area (Å²) in [5.41, 5.74) is 1.62. The molecule has 0 aliphatic heterocycles. The van der Waals surface area contributed by atoms with Gasteiger partial charge in [0.05, 0.1) is 18.3 Å². The van der Waals surface area contributed by atoms with Crippen molar-refractivity contribution in [3.63, 3.8) is 0 Å². The molecule has 7 nitrogen and oxygen atoms in total. The van der Waals surface area contributed by atoms with E-state index in [4.69, 9.17) is 14.1 Å². The zero-order chi connectivity index (χ0) is 19.9. The SMILES string of the molecule is CCCOc1ccccc1C(=O)Nc1nonc1-c1ccc(OC(C)C)cc1. The number of aromatic nitrogens is 2. The summed E-state index contributed by atoms with van der Waals surface area (Å²) in [4.78, 5) is 12.7. The maximum Gasteiger partial charge on any atom is 0.260 e. The van der Waals surface area contributed by atoms with Crippen LogP contribution in [-0.4, -0.2) is 28.9 Å². The quantitative estimate of drug-likeness (QED) is 0.615. The van der Waals surface area contributed by atoms with Gasteiger partial charge in [-0.3, -0.25) is 4.79 Å². The van der Waals surface area contributed by atoms with Gasteiger partial charge in [0.1, 0.15) is 11.5 Å². The van der Waals surface area contributed by atoms with E-state index in [2.05, 4.69) is 15.6 Å². The molecule has 0 aliphatic carbocycles. The van der Waals surface area contributed by atoms with Crippen molar-refractivity contribution in [1.82, 2.24) is 10.3 Å². The summed E-state index contributed by atoms with van der Waals surface area (Å²) < 4.78 is 16.1. The highest BCUT2D eigenvalue weighted by atomic mass is 16.6. The van der Waals surface area contributed by atoms with Gasteiger partial charge >= 0.3 is 0 Å². The van der Waals surface area contributed by atoms with Crippen LogP contribution >= 0.6 is 0 Å². The molecule has 0 radical (unpaired) electrons. The van der Waals surface area contributed by atoms with Crippen molar-refractivity contribution in [3.8, 4) is 22.8 Å². The topological polar surface area (TPSA) is 86.5 Å². The fraction of sp³-hybridized carbons (Fsp3) is 0.286. The van der Waals surface area contributed by atoms with E-state index < -0.39 is 0 Å². The van der Waals surface area contributed by atoms with Crippen molar-refractivity contribution < 1.29 is 18.9 Å². The number of benzene rings is 2. The summed E-state index contributed by atoms with van der Waals surface area (Å²) in [5.74, 6) is 1.18. The molecule has 2 aromatic carbocycles. The lowest BCUT2D eigenvalue weighted by molar-refractivity contribution is 0.102. The third-order valence-electron chi connectivity index (χ3n) is 3.81. The fourth-order valence-electron chi connectivity index (χ4n) is 2.59. The summed E-state index contributed by atoms with van der Waals surface area (Å²) in [5, 5.41) is 10.5. The first-order valence-corrected chi connectivity index (χ1v) is 9.21. The second-order valence-corrected chi connectivity index (χ2v) is 6.45. The Balaban J connectivity index is 1.78. The first-order chi connectivity index (χ1) is 13.6. The van der Waals surface area contributed by atoms with Crippen molar-refractivity contribution in [1.29, 1.82) is 0 Å². The molecule has 146 valence electrons. The highest BCUT2D eigenvalue weighted by molar-refractivity contribution is 6.07. The standard InChI is InChI=1S/C21H23N3O4/c1-4-13-26-18-8-6-5-7-17(18)21(25)22-20-19(23-28-24-20)15-9-11-16(12-10-15)27-14(2)3/h5-12,14H,4,13H2,1-3H3,(H,22,24,25). The van der Waals surface area contributed by atoms with Gasteiger partial charge in [-0.25, -0.2) is 4.63 Å². The highest BCUT2D eigenvalue weighted by Crippen LogP contribution is 2.28. The number of ether oxygens (including phenoxy) is 2. The summed E-state index contributed by atoms with van der Waals surface area (Å²) in [7, 11) is 0. The van der Waals surface area contributed by atoms with Crippen LogP contribution in [-0.2, 0) is 0 Å². The number of hydrogen-bond donors (Lipinski definition) is 1. The normalized spacial score (nSPS) is 10.7. The van der Waals surface area contributed by atoms with E-state index in [1.807, 2.05) is 51.1 Å². The Hall–Kier alpha value is -3.35. The van der Waals surface area contributed by atoms with Gasteiger partial charge in [-0.15, -0.1) is 0 Å². The van der Waals surface area contributed by atoms with E-state index in [0.29, 0.717) is 23.6 Å². The van der Waals surface area contributed by atoms with Crippen LogP contribution in [0.4, 0.5) is 5.82 Å². The molecule has 1 N–H and O–H groups in total. The molecule has 0 saturated carbocycles. The Morgan fingerprint density at radius 2 is 1.86 bits per heavy atom. The van der Waals surface area contributed by atoms with Gasteiger partial charge in [0.25, 0.3) is 5.91 Å². The Kier molecular flexibility index (Phi) is 6.26. The van der Waals surface area contributed by atoms with Crippen LogP contribution in [0.5, 0.6) is 11.5 Å². The second-order valence-electron chi connectivity index (χ2n) is 6.45. The van der Waals surface area contributed by atoms with E-state index in [-0.39, 0.29) is 17.8 Å². The molecule has 3 aromatic rings. The van der Waals surface area contributed by atoms with Crippen molar-refractivity contribution >= 4 is 11.7 Å². The van der Waals surface area contributed by atoms with Crippen LogP contribution in [0.15, 0.2) is 53.2 Å². The number of rotatable bonds is 8. The Morgan fingerprint density at radius 3 is 2.57 bits per heavy atom. The fourth-order valence-corrected chi connectivity index (χ4v) is 2.59. The minimum Gasteiger partial charge on any atom is -0.493 e. The summed E-state index contributed by atoms with van der Waals surface area (Å²) in [6.07, 6.45) is 0.938. The lowest BCUT2D eigenvalue weighted by Gasteiger charge is -2.11. The number of anilines is 1. The molecule has 1 amide bonds. The van der Waals surface area contributed by atoms with Crippen molar-refractivity contribution in [3.05, 3.63) is 54.1 Å². The average molecular weight is 381 g/mol. The zero-order valence-electron chi connectivity index (χ0n) is 16.1. The van der Waals surface area contributed by atoms with Gasteiger partial charge in [-0.05, 0) is 67.0 Å². The number of carbonyl (C=O) groups excluding carboxylic acids is 1. The molecule has 0 fully saturated rings. The van der Waals surface area contributed by atoms with Crippen LogP contribution in [0.2, 0.25) is 0 Å². The summed E-state index contributed by atoms with van der Waals surface area (Å²) in [6.45, 7) is 6.47. The summed E-state index contributed by atoms with van der Waals surface area (Å²) >= 11 is 0. The predicted octanol–water partition coefficient (Wildman–Crippen LogP) is 4.56. The Labute approximate surface area is 163 Å². The van der Waals surface area contributed by atoms with Gasteiger partial charge in [-0.2, -0.15) is 0 Å². The lowest BCUT2D eigenvalue weighted by Crippen LogP contribution is -2.14. The van der Waals surface area contributed by atoms with E-state index in [9.17, 15) is 4.79 Å². The molecule has 3 rings (SSSR count). The first-order valence-electron chi connectivity index (χ1n) is 9.21. The number of carbonyl (C=O) groups is 1. The van der Waals surface area contributed by atoms with E-state index in [0.717, 1.165) is 17.7 Å². The van der Waals surface area contributed by atoms with Gasteiger partial charge in [-0.1, -0.05) is 19.1 Å². The third-order valence-corrected chi connectivity index (χ3v) is 3.81. The number of hydrogen-bond acceptors (Lipinski definition) is 6. The molecular weight excluding hydrogens is 358 g/mol. The number of amides is 1. The second kappa shape index (κ2) is 9.03. The van der Waals surface area contributed by atoms with Crippen LogP contribution < -0.4 is 14.8 Å². The molecule has 28 heavy (non-hydrogen) atoms. The lowest BCUT2D eigenvalue weighted by atomic mass is 10.1. The van der Waals surface area contributed by atoms with Gasteiger partial charge in [0.15, 0.2) is 5.69 Å². The molecular formula is C21H23N3O4. The van der Waals surface area contributed by atoms with Crippen LogP contribution in [0, 0.1) is 0 Å². The first kappa shape index (κ1) is 19.4. The molecule has 0 bridgehead atoms. The van der Waals surface area contributed by atoms with Gasteiger partial charge < -0.3 is 14.8 Å². The minimum absolute atomic E-state index is 0.0874. The number of nitrogens with one attached hydrogen (secondary N) is 1. The highest BCUT2D eigenvalue weighted by Gasteiger charge is 2.18. The van der Waals surface area contributed by atoms with Crippen LogP contribution in [0.3, 0.4) is 0 Å². The Morgan fingerprint density at radius 1 is 1.11 bits per heavy atom. The van der Waals surface area contributed by atoms with E-state index in [1.54, 1.807) is 18.2 Å². The van der Waals surface area contributed by atoms with Gasteiger partial charge in [0.2, 0.25) is 5.82 Å². The Bertz CT molecular complexity index is 919. The van der Waals surface area contributed by atoms with Crippen LogP contribution in [0.25, 0.3) is 11.3 Å². The average Bonchev–Trinajstić information content (AvgIpc) is 3.14. The van der Waals surface area contributed by atoms with Crippen LogP contribution in [0.1, 0.15) is 37.6 Å². The summed E-state index contributed by atoms with van der Waals surface area (Å²) in [6, 6.07) is 14.4. The molecule has 0 saturated heterocycles. The predicted molar refractivity (Wildman–Crippen MR) is 106 cm³/mol. The molecule has 0 aliphatic rings. The monoisotopic (exact) mass is 381 g/mol. The molecule has 0 spiro atoms. The third kappa shape index (κ3) is 4.68.